The second-order valence-electron chi connectivity index (χ2n) is 14.8. The normalized spacial score (nSPS) is 28.2. The molecule has 2 unspecified atom stereocenters. The van der Waals surface area contributed by atoms with Gasteiger partial charge in [-0.05, 0) is 141 Å². The molecule has 0 aromatic heterocycles. The summed E-state index contributed by atoms with van der Waals surface area (Å²) >= 11 is 0. The summed E-state index contributed by atoms with van der Waals surface area (Å²) in [5.74, 6) is 5.43. The first-order valence-corrected chi connectivity index (χ1v) is 16.7. The minimum atomic E-state index is 0.250. The van der Waals surface area contributed by atoms with Crippen molar-refractivity contribution in [2.24, 2.45) is 11.8 Å². The molecule has 0 N–H and O–H groups in total. The highest BCUT2D eigenvalue weighted by Gasteiger charge is 2.58. The van der Waals surface area contributed by atoms with Crippen molar-refractivity contribution in [3.8, 4) is 23.0 Å². The molecule has 5 heteroatoms. The number of ether oxygens (including phenoxy) is 3. The minimum absolute atomic E-state index is 0.250. The molecule has 0 saturated heterocycles. The molecule has 0 radical (unpaired) electrons. The van der Waals surface area contributed by atoms with Gasteiger partial charge in [-0.1, -0.05) is 35.9 Å². The fourth-order valence-electron chi connectivity index (χ4n) is 9.83. The van der Waals surface area contributed by atoms with Gasteiger partial charge in [0.1, 0.15) is 29.7 Å². The number of fused-ring (bicyclic) bond motifs is 2. The van der Waals surface area contributed by atoms with Crippen molar-refractivity contribution in [1.29, 1.82) is 0 Å². The predicted molar refractivity (Wildman–Crippen MR) is 177 cm³/mol. The Morgan fingerprint density at radius 3 is 1.84 bits per heavy atom. The van der Waals surface area contributed by atoms with Crippen molar-refractivity contribution in [2.45, 2.75) is 69.4 Å². The highest BCUT2D eigenvalue weighted by Crippen LogP contribution is 2.66. The Kier molecular flexibility index (Phi) is 6.25. The van der Waals surface area contributed by atoms with Gasteiger partial charge < -0.3 is 19.1 Å². The van der Waals surface area contributed by atoms with Crippen LogP contribution in [0.2, 0.25) is 0 Å². The summed E-state index contributed by atoms with van der Waals surface area (Å²) in [6.07, 6.45) is 8.00. The van der Waals surface area contributed by atoms with Gasteiger partial charge in [0, 0.05) is 29.9 Å². The van der Waals surface area contributed by atoms with Gasteiger partial charge in [-0.2, -0.15) is 0 Å². The van der Waals surface area contributed by atoms with Gasteiger partial charge in [-0.3, -0.25) is 4.90 Å². The number of aryl methyl sites for hydroxylation is 1. The van der Waals surface area contributed by atoms with Crippen molar-refractivity contribution in [3.63, 3.8) is 0 Å². The monoisotopic (exact) mass is 598 g/mol. The molecule has 4 aromatic rings. The molecule has 6 aliphatic rings. The topological polar surface area (TPSA) is 34.2 Å². The molecule has 45 heavy (non-hydrogen) atoms. The quantitative estimate of drug-likeness (QED) is 0.230. The van der Waals surface area contributed by atoms with Crippen LogP contribution in [-0.2, 0) is 23.9 Å². The highest BCUT2D eigenvalue weighted by atomic mass is 16.5. The summed E-state index contributed by atoms with van der Waals surface area (Å²) in [6, 6.07) is 30.9. The number of hydrogen-bond acceptors (Lipinski definition) is 5. The molecule has 2 heterocycles. The summed E-state index contributed by atoms with van der Waals surface area (Å²) in [4.78, 5) is 4.59. The van der Waals surface area contributed by atoms with E-state index in [0.29, 0.717) is 13.5 Å². The first-order valence-electron chi connectivity index (χ1n) is 16.7. The Bertz CT molecular complexity index is 1730. The van der Waals surface area contributed by atoms with Gasteiger partial charge in [-0.25, -0.2) is 0 Å². The molecular formula is C40H42N2O3. The zero-order valence-corrected chi connectivity index (χ0v) is 26.4. The van der Waals surface area contributed by atoms with Crippen LogP contribution in [0.4, 0.5) is 5.69 Å². The lowest BCUT2D eigenvalue weighted by molar-refractivity contribution is -0.0283. The Hall–Kier alpha value is -3.96. The third-order valence-electron chi connectivity index (χ3n) is 11.5. The lowest BCUT2D eigenvalue weighted by Gasteiger charge is -2.63. The van der Waals surface area contributed by atoms with Crippen LogP contribution < -0.4 is 19.1 Å². The van der Waals surface area contributed by atoms with Gasteiger partial charge in [0.2, 0.25) is 0 Å². The number of benzene rings is 4. The number of rotatable bonds is 5. The van der Waals surface area contributed by atoms with Crippen LogP contribution in [0.15, 0.2) is 84.9 Å². The second-order valence-corrected chi connectivity index (χ2v) is 14.8. The third-order valence-corrected chi connectivity index (χ3v) is 11.5. The average molecular weight is 599 g/mol. The average Bonchev–Trinajstić information content (AvgIpc) is 3.05. The largest absolute Gasteiger partial charge is 0.478 e. The Balaban J connectivity index is 0.973. The Morgan fingerprint density at radius 2 is 1.22 bits per heavy atom. The SMILES string of the molecule is Cc1ccc(Oc2ccc(N3COc4ccc(C56CC7CC(CC(c8ccc9c(c8)CN(C)CO9)(C7)C5)C6)cc4C3)cc2)cc1. The van der Waals surface area contributed by atoms with Crippen LogP contribution in [-0.4, -0.2) is 25.4 Å². The highest BCUT2D eigenvalue weighted by molar-refractivity contribution is 5.54. The number of anilines is 1. The lowest BCUT2D eigenvalue weighted by Crippen LogP contribution is -2.56. The van der Waals surface area contributed by atoms with E-state index in [0.717, 1.165) is 53.6 Å². The Labute approximate surface area is 266 Å². The zero-order valence-electron chi connectivity index (χ0n) is 26.4. The molecule has 4 aromatic carbocycles. The van der Waals surface area contributed by atoms with Crippen molar-refractivity contribution >= 4 is 5.69 Å². The second kappa shape index (κ2) is 10.3. The van der Waals surface area contributed by atoms with Gasteiger partial charge >= 0.3 is 0 Å². The van der Waals surface area contributed by atoms with Gasteiger partial charge in [0.05, 0.1) is 0 Å². The molecule has 10 rings (SSSR count). The van der Waals surface area contributed by atoms with Crippen LogP contribution in [0.5, 0.6) is 23.0 Å². The maximum Gasteiger partial charge on any atom is 0.161 e. The van der Waals surface area contributed by atoms with Crippen molar-refractivity contribution < 1.29 is 14.2 Å². The van der Waals surface area contributed by atoms with E-state index in [1.165, 1.54) is 60.8 Å². The number of nitrogens with zero attached hydrogens (tertiary/aromatic N) is 2. The van der Waals surface area contributed by atoms with Gasteiger partial charge in [-0.15, -0.1) is 0 Å². The standard InChI is InChI=1S/C40H42N2O3/c1-27-3-9-35(10-4-27)45-36-11-7-34(8-12-36)42-23-31-17-33(6-14-38(31)44-26-42)40-20-28-15-29(21-40)19-39(18-28,24-40)32-5-13-37-30(16-32)22-41(2)25-43-37/h3-14,16-17,28-29H,15,18-26H2,1-2H3. The van der Waals surface area contributed by atoms with Crippen LogP contribution >= 0.6 is 0 Å². The van der Waals surface area contributed by atoms with E-state index < -0.39 is 0 Å². The molecule has 0 spiro atoms. The molecule has 4 aliphatic carbocycles. The van der Waals surface area contributed by atoms with Crippen molar-refractivity contribution in [1.82, 2.24) is 4.90 Å². The third kappa shape index (κ3) is 4.78. The molecule has 5 nitrogen and oxygen atoms in total. The summed E-state index contributed by atoms with van der Waals surface area (Å²) < 4.78 is 18.4. The summed E-state index contributed by atoms with van der Waals surface area (Å²) in [7, 11) is 2.15. The summed E-state index contributed by atoms with van der Waals surface area (Å²) in [6.45, 7) is 5.15. The lowest BCUT2D eigenvalue weighted by atomic mass is 9.41. The molecule has 2 atom stereocenters. The first kappa shape index (κ1) is 27.4. The first-order chi connectivity index (χ1) is 21.9. The predicted octanol–water partition coefficient (Wildman–Crippen LogP) is 8.72. The fraction of sp³-hybridized carbons (Fsp3) is 0.400. The molecule has 4 saturated carbocycles. The summed E-state index contributed by atoms with van der Waals surface area (Å²) in [5, 5.41) is 0. The van der Waals surface area contributed by atoms with Crippen LogP contribution in [0.3, 0.4) is 0 Å². The van der Waals surface area contributed by atoms with Crippen LogP contribution in [0, 0.1) is 18.8 Å². The minimum Gasteiger partial charge on any atom is -0.478 e. The van der Waals surface area contributed by atoms with E-state index in [1.54, 1.807) is 5.56 Å². The van der Waals surface area contributed by atoms with E-state index in [9.17, 15) is 0 Å². The van der Waals surface area contributed by atoms with Gasteiger partial charge in [0.15, 0.2) is 6.73 Å². The fourth-order valence-corrected chi connectivity index (χ4v) is 9.83. The maximum absolute atomic E-state index is 6.33. The van der Waals surface area contributed by atoms with E-state index >= 15 is 0 Å². The summed E-state index contributed by atoms with van der Waals surface area (Å²) in [5.41, 5.74) is 8.65. The zero-order chi connectivity index (χ0) is 30.2. The van der Waals surface area contributed by atoms with Gasteiger partial charge in [0.25, 0.3) is 0 Å². The Morgan fingerprint density at radius 1 is 0.667 bits per heavy atom. The molecule has 0 amide bonds. The molecule has 2 aliphatic heterocycles. The molecule has 230 valence electrons. The van der Waals surface area contributed by atoms with Crippen LogP contribution in [0.25, 0.3) is 0 Å². The van der Waals surface area contributed by atoms with E-state index in [1.807, 2.05) is 12.1 Å². The molecule has 4 bridgehead atoms. The van der Waals surface area contributed by atoms with E-state index in [2.05, 4.69) is 96.6 Å². The maximum atomic E-state index is 6.33. The molecule has 4 fully saturated rings. The number of hydrogen-bond donors (Lipinski definition) is 0. The van der Waals surface area contributed by atoms with Crippen molar-refractivity contribution in [3.05, 3.63) is 113 Å². The van der Waals surface area contributed by atoms with Crippen molar-refractivity contribution in [2.75, 3.05) is 25.4 Å². The van der Waals surface area contributed by atoms with Crippen LogP contribution in [0.1, 0.15) is 66.3 Å². The van der Waals surface area contributed by atoms with E-state index in [4.69, 9.17) is 14.2 Å². The molecular weight excluding hydrogens is 556 g/mol. The van der Waals surface area contributed by atoms with E-state index in [-0.39, 0.29) is 10.8 Å². The smallest absolute Gasteiger partial charge is 0.161 e.